The largest absolute Gasteiger partial charge is 0.394 e. The van der Waals surface area contributed by atoms with Gasteiger partial charge >= 0.3 is 0 Å². The first-order valence-electron chi connectivity index (χ1n) is 6.68. The third-order valence-corrected chi connectivity index (χ3v) is 2.81. The van der Waals surface area contributed by atoms with Crippen molar-refractivity contribution in [1.29, 1.82) is 0 Å². The fraction of sp³-hybridized carbons (Fsp3) is 0.429. The van der Waals surface area contributed by atoms with E-state index in [1.54, 1.807) is 18.3 Å². The van der Waals surface area contributed by atoms with Gasteiger partial charge in [-0.25, -0.2) is 4.98 Å². The van der Waals surface area contributed by atoms with Crippen LogP contribution >= 0.6 is 0 Å². The molecule has 2 rings (SSSR count). The molecule has 0 bridgehead atoms. The maximum Gasteiger partial charge on any atom is 0.258 e. The maximum absolute atomic E-state index is 11.9. The fourth-order valence-corrected chi connectivity index (χ4v) is 1.88. The molecule has 6 heteroatoms. The average molecular weight is 277 g/mol. The zero-order valence-electron chi connectivity index (χ0n) is 11.3. The molecule has 0 spiro atoms. The Kier molecular flexibility index (Phi) is 5.67. The van der Waals surface area contributed by atoms with Crippen molar-refractivity contribution in [2.24, 2.45) is 0 Å². The molecule has 2 aromatic heterocycles. The first-order valence-corrected chi connectivity index (χ1v) is 6.68. The molecule has 6 nitrogen and oxygen atoms in total. The van der Waals surface area contributed by atoms with Crippen molar-refractivity contribution in [3.05, 3.63) is 46.5 Å². The highest BCUT2D eigenvalue weighted by Crippen LogP contribution is 1.98. The molecule has 0 aliphatic rings. The topological polar surface area (TPSA) is 75.9 Å². The first kappa shape index (κ1) is 14.6. The van der Waals surface area contributed by atoms with Gasteiger partial charge in [0.1, 0.15) is 5.65 Å². The molecule has 0 saturated heterocycles. The van der Waals surface area contributed by atoms with E-state index in [9.17, 15) is 4.79 Å². The van der Waals surface area contributed by atoms with Crippen molar-refractivity contribution in [2.75, 3.05) is 26.4 Å². The summed E-state index contributed by atoms with van der Waals surface area (Å²) in [7, 11) is 0. The van der Waals surface area contributed by atoms with Crippen molar-refractivity contribution in [1.82, 2.24) is 14.7 Å². The molecule has 0 atom stereocenters. The standard InChI is InChI=1S/C14H19N3O3/c18-7-9-20-8-3-5-15-11-12-10-14(19)17-6-2-1-4-13(17)16-12/h1-2,4,6,10,15,18H,3,5,7-9,11H2. The van der Waals surface area contributed by atoms with Crippen LogP contribution in [-0.4, -0.2) is 40.9 Å². The number of pyridine rings is 1. The van der Waals surface area contributed by atoms with Crippen LogP contribution in [0.4, 0.5) is 0 Å². The minimum atomic E-state index is -0.0707. The lowest BCUT2D eigenvalue weighted by atomic mass is 10.3. The van der Waals surface area contributed by atoms with Gasteiger partial charge in [-0.3, -0.25) is 9.20 Å². The second-order valence-electron chi connectivity index (χ2n) is 4.38. The van der Waals surface area contributed by atoms with E-state index in [1.807, 2.05) is 12.1 Å². The number of aliphatic hydroxyl groups is 1. The Labute approximate surface area is 117 Å². The van der Waals surface area contributed by atoms with Gasteiger partial charge in [0.15, 0.2) is 0 Å². The van der Waals surface area contributed by atoms with E-state index in [2.05, 4.69) is 10.3 Å². The summed E-state index contributed by atoms with van der Waals surface area (Å²) in [5.74, 6) is 0. The van der Waals surface area contributed by atoms with Crippen LogP contribution in [0, 0.1) is 0 Å². The molecule has 0 unspecified atom stereocenters. The first-order chi connectivity index (χ1) is 9.81. The Morgan fingerprint density at radius 1 is 1.35 bits per heavy atom. The lowest BCUT2D eigenvalue weighted by Gasteiger charge is -2.06. The van der Waals surface area contributed by atoms with Gasteiger partial charge < -0.3 is 15.2 Å². The van der Waals surface area contributed by atoms with Crippen LogP contribution in [0.15, 0.2) is 35.3 Å². The van der Waals surface area contributed by atoms with Crippen molar-refractivity contribution in [3.63, 3.8) is 0 Å². The predicted octanol–water partition coefficient (Wildman–Crippen LogP) is 0.183. The summed E-state index contributed by atoms with van der Waals surface area (Å²) < 4.78 is 6.67. The summed E-state index contributed by atoms with van der Waals surface area (Å²) in [6, 6.07) is 7.02. The molecule has 108 valence electrons. The number of hydrogen-bond donors (Lipinski definition) is 2. The number of rotatable bonds is 8. The van der Waals surface area contributed by atoms with Crippen molar-refractivity contribution in [3.8, 4) is 0 Å². The van der Waals surface area contributed by atoms with Gasteiger partial charge in [-0.15, -0.1) is 0 Å². The highest BCUT2D eigenvalue weighted by atomic mass is 16.5. The summed E-state index contributed by atoms with van der Waals surface area (Å²) in [6.07, 6.45) is 2.56. The summed E-state index contributed by atoms with van der Waals surface area (Å²) in [4.78, 5) is 16.3. The number of hydrogen-bond acceptors (Lipinski definition) is 5. The number of nitrogens with zero attached hydrogens (tertiary/aromatic N) is 2. The number of nitrogens with one attached hydrogen (secondary N) is 1. The fourth-order valence-electron chi connectivity index (χ4n) is 1.88. The summed E-state index contributed by atoms with van der Waals surface area (Å²) in [6.45, 7) is 2.38. The Bertz CT molecular complexity index is 597. The van der Waals surface area contributed by atoms with Crippen molar-refractivity contribution >= 4 is 5.65 Å². The molecular weight excluding hydrogens is 258 g/mol. The lowest BCUT2D eigenvalue weighted by Crippen LogP contribution is -2.21. The molecule has 2 N–H and O–H groups in total. The number of aliphatic hydroxyl groups excluding tert-OH is 1. The Hall–Kier alpha value is -1.76. The van der Waals surface area contributed by atoms with Gasteiger partial charge in [0, 0.05) is 25.4 Å². The molecular formula is C14H19N3O3. The number of aromatic nitrogens is 2. The van der Waals surface area contributed by atoms with Crippen LogP contribution in [0.5, 0.6) is 0 Å². The maximum atomic E-state index is 11.9. The second-order valence-corrected chi connectivity index (χ2v) is 4.38. The average Bonchev–Trinajstić information content (AvgIpc) is 2.46. The third kappa shape index (κ3) is 4.12. The Morgan fingerprint density at radius 3 is 3.10 bits per heavy atom. The Morgan fingerprint density at radius 2 is 2.25 bits per heavy atom. The van der Waals surface area contributed by atoms with E-state index in [-0.39, 0.29) is 12.2 Å². The predicted molar refractivity (Wildman–Crippen MR) is 75.7 cm³/mol. The van der Waals surface area contributed by atoms with Gasteiger partial charge in [0.05, 0.1) is 18.9 Å². The molecule has 0 radical (unpaired) electrons. The van der Waals surface area contributed by atoms with Crippen LogP contribution < -0.4 is 10.9 Å². The second kappa shape index (κ2) is 7.74. The monoisotopic (exact) mass is 277 g/mol. The zero-order chi connectivity index (χ0) is 14.2. The van der Waals surface area contributed by atoms with Gasteiger partial charge in [0.25, 0.3) is 5.56 Å². The van der Waals surface area contributed by atoms with E-state index in [1.165, 1.54) is 4.40 Å². The van der Waals surface area contributed by atoms with Gasteiger partial charge in [0.2, 0.25) is 0 Å². The highest BCUT2D eigenvalue weighted by Gasteiger charge is 2.01. The van der Waals surface area contributed by atoms with Crippen LogP contribution in [0.25, 0.3) is 5.65 Å². The number of fused-ring (bicyclic) bond motifs is 1. The van der Waals surface area contributed by atoms with Crippen LogP contribution in [0.3, 0.4) is 0 Å². The molecule has 2 heterocycles. The Balaban J connectivity index is 1.83. The quantitative estimate of drug-likeness (QED) is 0.673. The van der Waals surface area contributed by atoms with Crippen molar-refractivity contribution < 1.29 is 9.84 Å². The lowest BCUT2D eigenvalue weighted by molar-refractivity contribution is 0.0907. The van der Waals surface area contributed by atoms with Crippen molar-refractivity contribution in [2.45, 2.75) is 13.0 Å². The molecule has 2 aromatic rings. The number of ether oxygens (including phenoxy) is 1. The molecule has 0 fully saturated rings. The summed E-state index contributed by atoms with van der Waals surface area (Å²) in [5, 5.41) is 11.8. The van der Waals surface area contributed by atoms with Gasteiger partial charge in [-0.1, -0.05) is 6.07 Å². The third-order valence-electron chi connectivity index (χ3n) is 2.81. The van der Waals surface area contributed by atoms with Gasteiger partial charge in [-0.2, -0.15) is 0 Å². The van der Waals surface area contributed by atoms with Crippen LogP contribution in [0.2, 0.25) is 0 Å². The van der Waals surface area contributed by atoms with Crippen LogP contribution in [-0.2, 0) is 11.3 Å². The molecule has 20 heavy (non-hydrogen) atoms. The van der Waals surface area contributed by atoms with E-state index >= 15 is 0 Å². The molecule has 0 aromatic carbocycles. The normalized spacial score (nSPS) is 11.1. The van der Waals surface area contributed by atoms with Crippen LogP contribution in [0.1, 0.15) is 12.1 Å². The molecule has 0 saturated carbocycles. The smallest absolute Gasteiger partial charge is 0.258 e. The highest BCUT2D eigenvalue weighted by molar-refractivity contribution is 5.37. The van der Waals surface area contributed by atoms with Gasteiger partial charge in [-0.05, 0) is 25.1 Å². The minimum absolute atomic E-state index is 0.0540. The summed E-state index contributed by atoms with van der Waals surface area (Å²) >= 11 is 0. The SMILES string of the molecule is O=c1cc(CNCCCOCCO)nc2ccccn12. The molecule has 0 aliphatic carbocycles. The molecule has 0 amide bonds. The zero-order valence-corrected chi connectivity index (χ0v) is 11.3. The minimum Gasteiger partial charge on any atom is -0.394 e. The van der Waals surface area contributed by atoms with E-state index in [4.69, 9.17) is 9.84 Å². The van der Waals surface area contributed by atoms with E-state index < -0.39 is 0 Å². The summed E-state index contributed by atoms with van der Waals surface area (Å²) in [5.41, 5.74) is 1.32. The molecule has 0 aliphatic heterocycles. The van der Waals surface area contributed by atoms with E-state index in [0.717, 1.165) is 18.7 Å². The van der Waals surface area contributed by atoms with E-state index in [0.29, 0.717) is 25.4 Å².